The predicted molar refractivity (Wildman–Crippen MR) is 105 cm³/mol. The maximum atomic E-state index is 12.4. The van der Waals surface area contributed by atoms with E-state index >= 15 is 0 Å². The highest BCUT2D eigenvalue weighted by molar-refractivity contribution is 5.95. The summed E-state index contributed by atoms with van der Waals surface area (Å²) in [6.07, 6.45) is 6.62. The molecule has 0 fully saturated rings. The van der Waals surface area contributed by atoms with Crippen molar-refractivity contribution in [3.05, 3.63) is 30.2 Å². The molecule has 1 atom stereocenters. The smallest absolute Gasteiger partial charge is 0.244 e. The van der Waals surface area contributed by atoms with E-state index in [0.29, 0.717) is 18.8 Å². The van der Waals surface area contributed by atoms with Gasteiger partial charge in [-0.1, -0.05) is 13.8 Å². The summed E-state index contributed by atoms with van der Waals surface area (Å²) in [5, 5.41) is 2.69. The van der Waals surface area contributed by atoms with Gasteiger partial charge in [0.2, 0.25) is 17.7 Å². The van der Waals surface area contributed by atoms with Crippen molar-refractivity contribution < 1.29 is 18.8 Å². The zero-order chi connectivity index (χ0) is 20.2. The van der Waals surface area contributed by atoms with Gasteiger partial charge in [0.25, 0.3) is 0 Å². The van der Waals surface area contributed by atoms with Gasteiger partial charge in [0, 0.05) is 39.7 Å². The molecule has 1 aromatic heterocycles. The third-order valence-electron chi connectivity index (χ3n) is 3.98. The van der Waals surface area contributed by atoms with E-state index in [-0.39, 0.29) is 24.7 Å². The van der Waals surface area contributed by atoms with Gasteiger partial charge in [0.1, 0.15) is 11.8 Å². The van der Waals surface area contributed by atoms with Gasteiger partial charge in [-0.3, -0.25) is 14.4 Å². The largest absolute Gasteiger partial charge is 0.465 e. The van der Waals surface area contributed by atoms with Crippen LogP contribution >= 0.6 is 0 Å². The summed E-state index contributed by atoms with van der Waals surface area (Å²) < 4.78 is 5.13. The van der Waals surface area contributed by atoms with Gasteiger partial charge in [-0.05, 0) is 37.5 Å². The van der Waals surface area contributed by atoms with Gasteiger partial charge in [-0.2, -0.15) is 0 Å². The number of nitrogens with one attached hydrogen (secondary N) is 1. The molecule has 0 aliphatic rings. The molecule has 0 spiro atoms. The maximum absolute atomic E-state index is 12.4. The quantitative estimate of drug-likeness (QED) is 0.600. The predicted octanol–water partition coefficient (Wildman–Crippen LogP) is 2.29. The molecule has 0 aromatic carbocycles. The second-order valence-corrected chi connectivity index (χ2v) is 6.56. The Labute approximate surface area is 161 Å². The van der Waals surface area contributed by atoms with Crippen LogP contribution in [0.5, 0.6) is 0 Å². The molecule has 0 radical (unpaired) electrons. The van der Waals surface area contributed by atoms with E-state index in [4.69, 9.17) is 4.42 Å². The highest BCUT2D eigenvalue weighted by atomic mass is 16.3. The van der Waals surface area contributed by atoms with Crippen molar-refractivity contribution in [1.29, 1.82) is 0 Å². The molecule has 0 bridgehead atoms. The second-order valence-electron chi connectivity index (χ2n) is 6.56. The molecule has 1 rings (SSSR count). The van der Waals surface area contributed by atoms with Crippen molar-refractivity contribution in [2.75, 3.05) is 27.2 Å². The Bertz CT molecular complexity index is 617. The van der Waals surface area contributed by atoms with Gasteiger partial charge in [0.15, 0.2) is 0 Å². The summed E-state index contributed by atoms with van der Waals surface area (Å²) in [4.78, 5) is 40.2. The maximum Gasteiger partial charge on any atom is 0.244 e. The minimum atomic E-state index is -0.747. The Hall–Kier alpha value is -2.57. The Balaban J connectivity index is 2.69. The normalized spacial score (nSPS) is 12.0. The first-order chi connectivity index (χ1) is 12.9. The summed E-state index contributed by atoms with van der Waals surface area (Å²) in [6.45, 7) is 5.47. The number of hydrogen-bond donors (Lipinski definition) is 1. The fourth-order valence-corrected chi connectivity index (χ4v) is 2.66. The number of amides is 3. The van der Waals surface area contributed by atoms with Crippen LogP contribution < -0.4 is 5.32 Å². The fourth-order valence-electron chi connectivity index (χ4n) is 2.66. The number of likely N-dealkylation sites (N-methyl/N-ethyl adjacent to an activating group) is 1. The zero-order valence-corrected chi connectivity index (χ0v) is 16.7. The average molecular weight is 377 g/mol. The molecule has 0 aliphatic heterocycles. The molecule has 0 aliphatic carbocycles. The zero-order valence-electron chi connectivity index (χ0n) is 16.7. The van der Waals surface area contributed by atoms with E-state index in [1.807, 2.05) is 18.7 Å². The second kappa shape index (κ2) is 11.9. The van der Waals surface area contributed by atoms with E-state index < -0.39 is 11.9 Å². The van der Waals surface area contributed by atoms with Gasteiger partial charge in [-0.15, -0.1) is 0 Å². The molecule has 3 amide bonds. The minimum Gasteiger partial charge on any atom is -0.465 e. The Kier molecular flexibility index (Phi) is 9.93. The molecule has 1 N–H and O–H groups in total. The van der Waals surface area contributed by atoms with Crippen molar-refractivity contribution >= 4 is 23.8 Å². The summed E-state index contributed by atoms with van der Waals surface area (Å²) in [7, 11) is 3.25. The third kappa shape index (κ3) is 8.11. The van der Waals surface area contributed by atoms with Crippen molar-refractivity contribution in [3.63, 3.8) is 0 Å². The van der Waals surface area contributed by atoms with Gasteiger partial charge < -0.3 is 19.5 Å². The first-order valence-electron chi connectivity index (χ1n) is 9.40. The van der Waals surface area contributed by atoms with E-state index in [9.17, 15) is 14.4 Å². The molecule has 1 aromatic rings. The molecular formula is C20H31N3O4. The Morgan fingerprint density at radius 2 is 1.85 bits per heavy atom. The molecule has 7 heteroatoms. The van der Waals surface area contributed by atoms with Gasteiger partial charge in [-0.25, -0.2) is 0 Å². The molecule has 1 unspecified atom stereocenters. The molecule has 0 saturated carbocycles. The molecule has 7 nitrogen and oxygen atoms in total. The number of nitrogens with zero attached hydrogens (tertiary/aromatic N) is 2. The van der Waals surface area contributed by atoms with Crippen LogP contribution in [0.3, 0.4) is 0 Å². The summed E-state index contributed by atoms with van der Waals surface area (Å²) in [5.74, 6) is -0.0840. The van der Waals surface area contributed by atoms with Crippen LogP contribution in [0.4, 0.5) is 0 Å². The monoisotopic (exact) mass is 377 g/mol. The van der Waals surface area contributed by atoms with E-state index in [1.165, 1.54) is 23.3 Å². The fraction of sp³-hybridized carbons (Fsp3) is 0.550. The number of carbonyl (C=O) groups is 3. The van der Waals surface area contributed by atoms with Crippen LogP contribution in [0, 0.1) is 0 Å². The van der Waals surface area contributed by atoms with E-state index in [0.717, 1.165) is 12.8 Å². The average Bonchev–Trinajstić information content (AvgIpc) is 3.15. The van der Waals surface area contributed by atoms with Gasteiger partial charge in [0.05, 0.1) is 6.26 Å². The first-order valence-corrected chi connectivity index (χ1v) is 9.40. The van der Waals surface area contributed by atoms with Crippen molar-refractivity contribution in [2.24, 2.45) is 0 Å². The van der Waals surface area contributed by atoms with Crippen LogP contribution in [0.1, 0.15) is 45.3 Å². The highest BCUT2D eigenvalue weighted by Crippen LogP contribution is 2.07. The molecule has 1 heterocycles. The highest BCUT2D eigenvalue weighted by Gasteiger charge is 2.23. The number of hydrogen-bond acceptors (Lipinski definition) is 4. The lowest BCUT2D eigenvalue weighted by molar-refractivity contribution is -0.135. The van der Waals surface area contributed by atoms with Crippen LogP contribution in [-0.2, 0) is 14.4 Å². The van der Waals surface area contributed by atoms with Crippen LogP contribution in [0.2, 0.25) is 0 Å². The molecule has 27 heavy (non-hydrogen) atoms. The summed E-state index contributed by atoms with van der Waals surface area (Å²) in [6, 6.07) is 2.70. The SMILES string of the molecule is CCCN(CCC)C(=O)CCC(NC(=O)/C=C/c1ccco1)C(=O)N(C)C. The number of furan rings is 1. The van der Waals surface area contributed by atoms with Crippen molar-refractivity contribution in [2.45, 2.75) is 45.6 Å². The van der Waals surface area contributed by atoms with Crippen LogP contribution in [0.25, 0.3) is 6.08 Å². The number of rotatable bonds is 11. The Morgan fingerprint density at radius 3 is 2.37 bits per heavy atom. The lowest BCUT2D eigenvalue weighted by Gasteiger charge is -2.24. The third-order valence-corrected chi connectivity index (χ3v) is 3.98. The van der Waals surface area contributed by atoms with Crippen LogP contribution in [0.15, 0.2) is 28.9 Å². The van der Waals surface area contributed by atoms with Crippen LogP contribution in [-0.4, -0.2) is 60.7 Å². The minimum absolute atomic E-state index is 0.00985. The summed E-state index contributed by atoms with van der Waals surface area (Å²) in [5.41, 5.74) is 0. The molecular weight excluding hydrogens is 346 g/mol. The number of carbonyl (C=O) groups excluding carboxylic acids is 3. The van der Waals surface area contributed by atoms with Crippen molar-refractivity contribution in [1.82, 2.24) is 15.1 Å². The van der Waals surface area contributed by atoms with Gasteiger partial charge >= 0.3 is 0 Å². The van der Waals surface area contributed by atoms with E-state index in [1.54, 1.807) is 26.2 Å². The first kappa shape index (κ1) is 22.5. The summed E-state index contributed by atoms with van der Waals surface area (Å²) >= 11 is 0. The Morgan fingerprint density at radius 1 is 1.19 bits per heavy atom. The lowest BCUT2D eigenvalue weighted by atomic mass is 10.1. The molecule has 150 valence electrons. The van der Waals surface area contributed by atoms with E-state index in [2.05, 4.69) is 5.32 Å². The standard InChI is InChI=1S/C20H31N3O4/c1-5-13-23(14-6-2)19(25)12-10-17(20(26)22(3)4)21-18(24)11-9-16-8-7-15-27-16/h7-9,11,15,17H,5-6,10,12-14H2,1-4H3,(H,21,24)/b11-9+. The lowest BCUT2D eigenvalue weighted by Crippen LogP contribution is -2.46. The molecule has 0 saturated heterocycles. The topological polar surface area (TPSA) is 82.9 Å². The van der Waals surface area contributed by atoms with Crippen molar-refractivity contribution in [3.8, 4) is 0 Å².